The van der Waals surface area contributed by atoms with Crippen LogP contribution in [-0.4, -0.2) is 71.4 Å². The fraction of sp³-hybridized carbons (Fsp3) is 0.364. The van der Waals surface area contributed by atoms with Crippen LogP contribution in [0.2, 0.25) is 0 Å². The number of methoxy groups -OCH3 is 2. The van der Waals surface area contributed by atoms with Crippen molar-refractivity contribution in [3.63, 3.8) is 0 Å². The highest BCUT2D eigenvalue weighted by atomic mass is 32.2. The second kappa shape index (κ2) is 12.2. The Kier molecular flexibility index (Phi) is 9.64. The van der Waals surface area contributed by atoms with Crippen molar-refractivity contribution in [3.8, 4) is 0 Å². The summed E-state index contributed by atoms with van der Waals surface area (Å²) in [6.07, 6.45) is 0. The smallest absolute Gasteiger partial charge is 0.254 e. The van der Waals surface area contributed by atoms with Gasteiger partial charge in [0.25, 0.3) is 5.91 Å². The summed E-state index contributed by atoms with van der Waals surface area (Å²) in [5, 5.41) is 2.57. The van der Waals surface area contributed by atoms with Gasteiger partial charge < -0.3 is 19.7 Å². The maximum atomic E-state index is 12.7. The van der Waals surface area contributed by atoms with Crippen molar-refractivity contribution in [2.45, 2.75) is 5.75 Å². The molecule has 1 N–H and O–H groups in total. The summed E-state index contributed by atoms with van der Waals surface area (Å²) >= 11 is 0. The van der Waals surface area contributed by atoms with E-state index in [1.807, 2.05) is 0 Å². The number of benzene rings is 2. The Morgan fingerprint density at radius 2 is 1.48 bits per heavy atom. The van der Waals surface area contributed by atoms with Crippen LogP contribution >= 0.6 is 0 Å². The zero-order valence-electron chi connectivity index (χ0n) is 17.7. The monoisotopic (exact) mass is 448 g/mol. The van der Waals surface area contributed by atoms with Crippen molar-refractivity contribution in [3.05, 3.63) is 65.7 Å². The second-order valence-corrected chi connectivity index (χ2v) is 8.99. The lowest BCUT2D eigenvalue weighted by Gasteiger charge is -2.22. The molecule has 168 valence electrons. The van der Waals surface area contributed by atoms with E-state index < -0.39 is 21.5 Å². The van der Waals surface area contributed by atoms with Gasteiger partial charge in [-0.25, -0.2) is 8.42 Å². The summed E-state index contributed by atoms with van der Waals surface area (Å²) in [7, 11) is -0.540. The molecule has 0 bridgehead atoms. The lowest BCUT2D eigenvalue weighted by atomic mass is 10.1. The fourth-order valence-corrected chi connectivity index (χ4v) is 4.14. The van der Waals surface area contributed by atoms with Gasteiger partial charge in [-0.3, -0.25) is 9.59 Å². The summed E-state index contributed by atoms with van der Waals surface area (Å²) in [5.41, 5.74) is 1.48. The minimum absolute atomic E-state index is 0.189. The third kappa shape index (κ3) is 8.49. The molecule has 0 radical (unpaired) electrons. The number of anilines is 1. The molecule has 0 aliphatic carbocycles. The molecule has 2 rings (SSSR count). The van der Waals surface area contributed by atoms with E-state index in [9.17, 15) is 18.0 Å². The van der Waals surface area contributed by atoms with Crippen LogP contribution in [-0.2, 0) is 29.9 Å². The first-order valence-electron chi connectivity index (χ1n) is 9.76. The molecule has 0 atom stereocenters. The Morgan fingerprint density at radius 3 is 2.03 bits per heavy atom. The van der Waals surface area contributed by atoms with E-state index in [0.717, 1.165) is 0 Å². The van der Waals surface area contributed by atoms with E-state index in [4.69, 9.17) is 9.47 Å². The molecule has 0 unspecified atom stereocenters. The van der Waals surface area contributed by atoms with Gasteiger partial charge in [-0.15, -0.1) is 0 Å². The minimum Gasteiger partial charge on any atom is -0.383 e. The van der Waals surface area contributed by atoms with E-state index in [1.54, 1.807) is 73.7 Å². The molecule has 0 aliphatic heterocycles. The first-order chi connectivity index (χ1) is 14.8. The first kappa shape index (κ1) is 24.5. The Balaban J connectivity index is 1.98. The summed E-state index contributed by atoms with van der Waals surface area (Å²) < 4.78 is 34.9. The molecular formula is C22H28N2O6S. The van der Waals surface area contributed by atoms with Crippen LogP contribution in [0.1, 0.15) is 15.9 Å². The number of nitrogens with one attached hydrogen (secondary N) is 1. The van der Waals surface area contributed by atoms with Crippen LogP contribution in [0.15, 0.2) is 54.6 Å². The molecule has 0 heterocycles. The number of hydrogen-bond acceptors (Lipinski definition) is 6. The molecule has 0 fully saturated rings. The van der Waals surface area contributed by atoms with Crippen LogP contribution < -0.4 is 5.32 Å². The third-order valence-electron chi connectivity index (χ3n) is 4.41. The van der Waals surface area contributed by atoms with Gasteiger partial charge in [0.15, 0.2) is 9.84 Å². The molecule has 9 heteroatoms. The largest absolute Gasteiger partial charge is 0.383 e. The van der Waals surface area contributed by atoms with Gasteiger partial charge in [0, 0.05) is 38.6 Å². The predicted molar refractivity (Wildman–Crippen MR) is 119 cm³/mol. The Labute approximate surface area is 183 Å². The number of nitrogens with zero attached hydrogens (tertiary/aromatic N) is 1. The number of sulfone groups is 1. The number of carbonyl (C=O) groups excluding carboxylic acids is 2. The van der Waals surface area contributed by atoms with Crippen LogP contribution in [0.5, 0.6) is 0 Å². The SMILES string of the molecule is COCCN(CCOC)C(=O)c1ccc(CS(=O)(=O)CC(=O)Nc2ccccc2)cc1. The molecule has 8 nitrogen and oxygen atoms in total. The van der Waals surface area contributed by atoms with E-state index in [-0.39, 0.29) is 11.7 Å². The highest BCUT2D eigenvalue weighted by molar-refractivity contribution is 7.91. The zero-order valence-corrected chi connectivity index (χ0v) is 18.6. The Bertz CT molecular complexity index is 938. The standard InChI is InChI=1S/C22H28N2O6S/c1-29-14-12-24(13-15-30-2)22(26)19-10-8-18(9-11-19)16-31(27,28)17-21(25)23-20-6-4-3-5-7-20/h3-11H,12-17H2,1-2H3,(H,23,25). The number of rotatable bonds is 12. The van der Waals surface area contributed by atoms with Crippen LogP contribution in [0.25, 0.3) is 0 Å². The number of para-hydroxylation sites is 1. The molecule has 0 aromatic heterocycles. The molecule has 31 heavy (non-hydrogen) atoms. The zero-order chi connectivity index (χ0) is 22.7. The van der Waals surface area contributed by atoms with Gasteiger partial charge in [0.05, 0.1) is 19.0 Å². The van der Waals surface area contributed by atoms with Gasteiger partial charge in [0.1, 0.15) is 5.75 Å². The summed E-state index contributed by atoms with van der Waals surface area (Å²) in [6, 6.07) is 15.0. The van der Waals surface area contributed by atoms with Gasteiger partial charge in [0.2, 0.25) is 5.91 Å². The number of ether oxygens (including phenoxy) is 2. The van der Waals surface area contributed by atoms with Crippen molar-refractivity contribution in [1.29, 1.82) is 0 Å². The number of hydrogen-bond donors (Lipinski definition) is 1. The molecular weight excluding hydrogens is 420 g/mol. The van der Waals surface area contributed by atoms with E-state index >= 15 is 0 Å². The van der Waals surface area contributed by atoms with Crippen molar-refractivity contribution >= 4 is 27.3 Å². The molecule has 0 saturated carbocycles. The van der Waals surface area contributed by atoms with Crippen molar-refractivity contribution in [1.82, 2.24) is 4.90 Å². The lowest BCUT2D eigenvalue weighted by Crippen LogP contribution is -2.36. The number of amides is 2. The van der Waals surface area contributed by atoms with Crippen LogP contribution in [0, 0.1) is 0 Å². The second-order valence-electron chi connectivity index (χ2n) is 6.92. The van der Waals surface area contributed by atoms with Gasteiger partial charge in [-0.05, 0) is 29.8 Å². The summed E-state index contributed by atoms with van der Waals surface area (Å²) in [6.45, 7) is 1.64. The van der Waals surface area contributed by atoms with Crippen LogP contribution in [0.4, 0.5) is 5.69 Å². The number of carbonyl (C=O) groups is 2. The van der Waals surface area contributed by atoms with Crippen molar-refractivity contribution in [2.24, 2.45) is 0 Å². The first-order valence-corrected chi connectivity index (χ1v) is 11.6. The molecule has 2 amide bonds. The summed E-state index contributed by atoms with van der Waals surface area (Å²) in [4.78, 5) is 26.4. The Morgan fingerprint density at radius 1 is 0.903 bits per heavy atom. The normalized spacial score (nSPS) is 11.2. The van der Waals surface area contributed by atoms with Gasteiger partial charge >= 0.3 is 0 Å². The third-order valence-corrected chi connectivity index (χ3v) is 5.89. The topological polar surface area (TPSA) is 102 Å². The highest BCUT2D eigenvalue weighted by Gasteiger charge is 2.19. The van der Waals surface area contributed by atoms with E-state index in [0.29, 0.717) is 43.1 Å². The van der Waals surface area contributed by atoms with Crippen molar-refractivity contribution in [2.75, 3.05) is 51.6 Å². The predicted octanol–water partition coefficient (Wildman–Crippen LogP) is 1.98. The molecule has 2 aromatic carbocycles. The lowest BCUT2D eigenvalue weighted by molar-refractivity contribution is -0.113. The molecule has 2 aromatic rings. The minimum atomic E-state index is -3.67. The van der Waals surface area contributed by atoms with Crippen molar-refractivity contribution < 1.29 is 27.5 Å². The average molecular weight is 449 g/mol. The Hall–Kier alpha value is -2.75. The van der Waals surface area contributed by atoms with E-state index in [2.05, 4.69) is 5.32 Å². The maximum absolute atomic E-state index is 12.7. The van der Waals surface area contributed by atoms with E-state index in [1.165, 1.54) is 0 Å². The average Bonchev–Trinajstić information content (AvgIpc) is 2.74. The maximum Gasteiger partial charge on any atom is 0.254 e. The molecule has 0 aliphatic rings. The fourth-order valence-electron chi connectivity index (χ4n) is 2.87. The van der Waals surface area contributed by atoms with Gasteiger partial charge in [-0.1, -0.05) is 30.3 Å². The quantitative estimate of drug-likeness (QED) is 0.533. The molecule has 0 saturated heterocycles. The molecule has 0 spiro atoms. The van der Waals surface area contributed by atoms with Crippen LogP contribution in [0.3, 0.4) is 0 Å². The summed E-state index contributed by atoms with van der Waals surface area (Å²) in [5.74, 6) is -1.69. The highest BCUT2D eigenvalue weighted by Crippen LogP contribution is 2.12. The van der Waals surface area contributed by atoms with Gasteiger partial charge in [-0.2, -0.15) is 0 Å².